The molecule has 1 unspecified atom stereocenters. The van der Waals surface area contributed by atoms with Crippen molar-refractivity contribution in [2.45, 2.75) is 116 Å². The van der Waals surface area contributed by atoms with Crippen molar-refractivity contribution >= 4 is 28.6 Å². The Bertz CT molecular complexity index is 2950. The molecular formula is C71H87N9OS. The number of hydrogen-bond acceptors (Lipinski definition) is 10. The molecule has 2 aromatic heterocycles. The second-order valence-electron chi connectivity index (χ2n) is 22.0. The first-order chi connectivity index (χ1) is 40.4. The topological polar surface area (TPSA) is 117 Å². The maximum absolute atomic E-state index is 11.2. The van der Waals surface area contributed by atoms with E-state index in [-0.39, 0.29) is 5.91 Å². The Balaban J connectivity index is 0.000000113. The van der Waals surface area contributed by atoms with E-state index in [0.717, 1.165) is 96.2 Å². The molecule has 1 atom stereocenters. The lowest BCUT2D eigenvalue weighted by Crippen LogP contribution is -2.32. The van der Waals surface area contributed by atoms with Gasteiger partial charge in [0.2, 0.25) is 5.91 Å². The van der Waals surface area contributed by atoms with Gasteiger partial charge in [0.15, 0.2) is 0 Å². The van der Waals surface area contributed by atoms with Crippen LogP contribution in [0.1, 0.15) is 97.1 Å². The van der Waals surface area contributed by atoms with Gasteiger partial charge in [-0.2, -0.15) is 0 Å². The van der Waals surface area contributed by atoms with E-state index in [1.807, 2.05) is 54.9 Å². The molecule has 16 rings (SSSR count). The first-order valence-corrected chi connectivity index (χ1v) is 31.0. The van der Waals surface area contributed by atoms with E-state index in [1.165, 1.54) is 124 Å². The Hall–Kier alpha value is -6.80. The first-order valence-electron chi connectivity index (χ1n) is 30.1. The van der Waals surface area contributed by atoms with Gasteiger partial charge in [0.25, 0.3) is 0 Å². The van der Waals surface area contributed by atoms with Crippen molar-refractivity contribution in [1.82, 2.24) is 36.9 Å². The largest absolute Gasteiger partial charge is 0.385 e. The number of fused-ring (bicyclic) bond motifs is 8. The van der Waals surface area contributed by atoms with E-state index < -0.39 is 0 Å². The SMILES string of the molecule is CC1Cc2ccccc2CN1.CN1C(=O)Cc2ccccc21.c1cc2c(s1)CCNC2.c1ccc2c(c1)CCCN2.c1ccc2c(c1)CCCNC2.c1ccc2c(c1)CCNCC2.c1ccc2c(c1)CNC2.c1cnc2c(c1)CCNC2. The van der Waals surface area contributed by atoms with Crippen molar-refractivity contribution in [1.29, 1.82) is 0 Å². The number of pyridine rings is 1. The number of thiophene rings is 1. The molecule has 0 radical (unpaired) electrons. The highest BCUT2D eigenvalue weighted by molar-refractivity contribution is 7.10. The minimum atomic E-state index is 0.186. The minimum absolute atomic E-state index is 0.186. The van der Waals surface area contributed by atoms with Crippen molar-refractivity contribution in [2.24, 2.45) is 0 Å². The van der Waals surface area contributed by atoms with Crippen molar-refractivity contribution in [3.63, 3.8) is 0 Å². The van der Waals surface area contributed by atoms with E-state index in [0.29, 0.717) is 12.5 Å². The number of amides is 1. The van der Waals surface area contributed by atoms with Gasteiger partial charge in [-0.25, -0.2) is 0 Å². The standard InChI is InChI=1S/3C10H13N.C9H9NO.C9H11N.C8H10N2.C8H9N.C7H9NS/c1-8-6-9-4-2-3-5-10(9)7-11-8;1-2-5-10-8-11-7-3-6-9(10)4-1;1-2-4-10-6-8-11-7-5-9(10)3-1;1-10-8-5-3-2-4-7(8)6-9(10)11;1-2-6-9-8(4-1)5-3-7-10-9;1-2-7-3-5-9-6-8(7)10-4-1;1-2-4-8-6-9-5-7(8)3-1;1-3-8-5-6-2-4-9-7(1)6/h2-5,8,11H,6-7H2,1H3;1-2,4-5,11H,3,6-8H2;1-4,11H,5-8H2;2-5H,6H2,1H3;1-2,4,6,10H,3,5,7H2;1-2,4,9H,3,5-6H2;1-4,9H,5-6H2;2,4,8H,1,3,5H2. The summed E-state index contributed by atoms with van der Waals surface area (Å²) in [4.78, 5) is 18.7. The van der Waals surface area contributed by atoms with Crippen LogP contribution < -0.4 is 42.1 Å². The molecular weight excluding hydrogens is 1030 g/mol. The summed E-state index contributed by atoms with van der Waals surface area (Å²) in [5.41, 5.74) is 21.1. The summed E-state index contributed by atoms with van der Waals surface area (Å²) in [6.07, 6.45) is 13.4. The number of carbonyl (C=O) groups is 1. The molecule has 0 aliphatic carbocycles. The first kappa shape index (κ1) is 59.8. The molecule has 8 aromatic rings. The predicted molar refractivity (Wildman–Crippen MR) is 343 cm³/mol. The number of rotatable bonds is 0. The Morgan fingerprint density at radius 1 is 0.439 bits per heavy atom. The zero-order valence-electron chi connectivity index (χ0n) is 48.6. The molecule has 1 amide bonds. The van der Waals surface area contributed by atoms with Crippen molar-refractivity contribution in [3.8, 4) is 0 Å². The molecule has 6 aromatic carbocycles. The maximum Gasteiger partial charge on any atom is 0.231 e. The van der Waals surface area contributed by atoms with E-state index in [1.54, 1.807) is 9.78 Å². The zero-order valence-corrected chi connectivity index (χ0v) is 49.4. The lowest BCUT2D eigenvalue weighted by molar-refractivity contribution is -0.117. The summed E-state index contributed by atoms with van der Waals surface area (Å²) in [5.74, 6) is 0.186. The number of benzene rings is 6. The fourth-order valence-electron chi connectivity index (χ4n) is 11.3. The van der Waals surface area contributed by atoms with Crippen LogP contribution in [0.2, 0.25) is 0 Å². The number of aryl methyl sites for hydroxylation is 2. The molecule has 8 aliphatic heterocycles. The molecule has 10 heterocycles. The molecule has 0 saturated heterocycles. The highest BCUT2D eigenvalue weighted by atomic mass is 32.1. The van der Waals surface area contributed by atoms with Crippen molar-refractivity contribution in [2.75, 3.05) is 56.5 Å². The maximum atomic E-state index is 11.2. The van der Waals surface area contributed by atoms with Crippen LogP contribution in [0.5, 0.6) is 0 Å². The monoisotopic (exact) mass is 1110 g/mol. The van der Waals surface area contributed by atoms with Crippen LogP contribution in [-0.2, 0) is 95.4 Å². The van der Waals surface area contributed by atoms with Gasteiger partial charge in [-0.05, 0) is 187 Å². The summed E-state index contributed by atoms with van der Waals surface area (Å²) >= 11 is 1.89. The third-order valence-corrected chi connectivity index (χ3v) is 17.1. The molecule has 0 fully saturated rings. The molecule has 10 nitrogen and oxygen atoms in total. The van der Waals surface area contributed by atoms with Gasteiger partial charge in [-0.1, -0.05) is 140 Å². The summed E-state index contributed by atoms with van der Waals surface area (Å²) in [7, 11) is 1.81. The van der Waals surface area contributed by atoms with Gasteiger partial charge < -0.3 is 42.1 Å². The lowest BCUT2D eigenvalue weighted by atomic mass is 9.97. The summed E-state index contributed by atoms with van der Waals surface area (Å²) in [6.45, 7) is 15.3. The highest BCUT2D eigenvalue weighted by Crippen LogP contribution is 2.27. The molecule has 0 spiro atoms. The number of nitrogens with zero attached hydrogens (tertiary/aromatic N) is 2. The molecule has 82 heavy (non-hydrogen) atoms. The molecule has 0 bridgehead atoms. The van der Waals surface area contributed by atoms with Gasteiger partial charge in [0.1, 0.15) is 0 Å². The quantitative estimate of drug-likeness (QED) is 0.0797. The van der Waals surface area contributed by atoms with Crippen LogP contribution in [0.15, 0.2) is 175 Å². The lowest BCUT2D eigenvalue weighted by Gasteiger charge is -2.22. The van der Waals surface area contributed by atoms with Crippen LogP contribution in [0.3, 0.4) is 0 Å². The summed E-state index contributed by atoms with van der Waals surface area (Å²) in [5, 5.41) is 25.7. The number of para-hydroxylation sites is 2. The predicted octanol–water partition coefficient (Wildman–Crippen LogP) is 11.5. The van der Waals surface area contributed by atoms with Gasteiger partial charge in [0, 0.05) is 87.9 Å². The highest BCUT2D eigenvalue weighted by Gasteiger charge is 2.22. The average Bonchev–Trinajstić information content (AvgIpc) is 4.19. The number of carbonyl (C=O) groups excluding carboxylic acids is 1. The molecule has 0 saturated carbocycles. The molecule has 8 aliphatic rings. The normalized spacial score (nSPS) is 17.2. The van der Waals surface area contributed by atoms with Crippen LogP contribution in [-0.4, -0.2) is 63.2 Å². The van der Waals surface area contributed by atoms with Crippen LogP contribution >= 0.6 is 11.3 Å². The number of anilines is 2. The summed E-state index contributed by atoms with van der Waals surface area (Å²) < 4.78 is 0. The average molecular weight is 1110 g/mol. The van der Waals surface area contributed by atoms with Crippen molar-refractivity contribution < 1.29 is 4.79 Å². The Morgan fingerprint density at radius 3 is 1.62 bits per heavy atom. The van der Waals surface area contributed by atoms with Crippen LogP contribution in [0, 0.1) is 0 Å². The van der Waals surface area contributed by atoms with Gasteiger partial charge >= 0.3 is 0 Å². The number of likely N-dealkylation sites (N-methyl/N-ethyl adjacent to an activating group) is 1. The molecule has 428 valence electrons. The van der Waals surface area contributed by atoms with Gasteiger partial charge in [-0.3, -0.25) is 9.78 Å². The zero-order chi connectivity index (χ0) is 56.4. The number of nitrogens with one attached hydrogen (secondary N) is 7. The van der Waals surface area contributed by atoms with E-state index in [2.05, 4.69) is 188 Å². The van der Waals surface area contributed by atoms with E-state index in [9.17, 15) is 4.79 Å². The molecule has 11 heteroatoms. The number of aromatic nitrogens is 1. The molecule has 7 N–H and O–H groups in total. The Labute approximate surface area is 493 Å². The fraction of sp³-hybridized carbons (Fsp3) is 0.352. The third-order valence-electron chi connectivity index (χ3n) is 16.1. The van der Waals surface area contributed by atoms with Crippen LogP contribution in [0.4, 0.5) is 11.4 Å². The smallest absolute Gasteiger partial charge is 0.231 e. The number of hydrogen-bond donors (Lipinski definition) is 7. The van der Waals surface area contributed by atoms with E-state index >= 15 is 0 Å². The third kappa shape index (κ3) is 18.4. The van der Waals surface area contributed by atoms with Crippen LogP contribution in [0.25, 0.3) is 0 Å². The second-order valence-corrected chi connectivity index (χ2v) is 23.0. The Kier molecular flexibility index (Phi) is 23.9. The van der Waals surface area contributed by atoms with Gasteiger partial charge in [-0.15, -0.1) is 11.3 Å². The fourth-order valence-corrected chi connectivity index (χ4v) is 12.2. The second kappa shape index (κ2) is 32.7. The van der Waals surface area contributed by atoms with E-state index in [4.69, 9.17) is 0 Å². The minimum Gasteiger partial charge on any atom is -0.385 e. The van der Waals surface area contributed by atoms with Gasteiger partial charge in [0.05, 0.1) is 12.1 Å². The van der Waals surface area contributed by atoms with Crippen molar-refractivity contribution in [3.05, 3.63) is 253 Å². The summed E-state index contributed by atoms with van der Waals surface area (Å²) in [6, 6.07) is 58.1. The Morgan fingerprint density at radius 2 is 0.939 bits per heavy atom.